The maximum atomic E-state index is 2.25. The third-order valence-corrected chi connectivity index (χ3v) is 0.577. The SMILES string of the molecule is CC[CH-]CC.[Br-].[Mg+2]. The number of hydrogen-bond donors (Lipinski definition) is 0. The zero-order valence-electron chi connectivity index (χ0n) is 5.08. The minimum atomic E-state index is 0. The average molecular weight is 175 g/mol. The van der Waals surface area contributed by atoms with Crippen molar-refractivity contribution in [2.45, 2.75) is 26.7 Å². The van der Waals surface area contributed by atoms with Gasteiger partial charge < -0.3 is 23.4 Å². The zero-order chi connectivity index (χ0) is 4.12. The van der Waals surface area contributed by atoms with Crippen LogP contribution in [0.4, 0.5) is 0 Å². The van der Waals surface area contributed by atoms with Crippen molar-refractivity contribution in [3.05, 3.63) is 6.42 Å². The van der Waals surface area contributed by atoms with Gasteiger partial charge in [-0.25, -0.2) is 0 Å². The Morgan fingerprint density at radius 2 is 1.43 bits per heavy atom. The van der Waals surface area contributed by atoms with Crippen molar-refractivity contribution in [1.29, 1.82) is 0 Å². The Hall–Kier alpha value is 1.25. The molecule has 0 unspecified atom stereocenters. The molecule has 0 aromatic rings. The molecule has 0 saturated carbocycles. The Kier molecular flexibility index (Phi) is 35.2. The topological polar surface area (TPSA) is 0 Å². The summed E-state index contributed by atoms with van der Waals surface area (Å²) >= 11 is 0. The molecule has 0 bridgehead atoms. The Bertz CT molecular complexity index is 15.6. The first kappa shape index (κ1) is 15.7. The minimum absolute atomic E-state index is 0. The normalized spacial score (nSPS) is 6.00. The van der Waals surface area contributed by atoms with E-state index in [4.69, 9.17) is 0 Å². The van der Waals surface area contributed by atoms with Crippen molar-refractivity contribution >= 4 is 23.1 Å². The van der Waals surface area contributed by atoms with E-state index in [0.29, 0.717) is 0 Å². The fraction of sp³-hybridized carbons (Fsp3) is 0.800. The Morgan fingerprint density at radius 3 is 1.43 bits per heavy atom. The third kappa shape index (κ3) is 18.9. The first-order valence-corrected chi connectivity index (χ1v) is 2.23. The van der Waals surface area contributed by atoms with Crippen molar-refractivity contribution < 1.29 is 17.0 Å². The van der Waals surface area contributed by atoms with Gasteiger partial charge in [0.15, 0.2) is 0 Å². The van der Waals surface area contributed by atoms with Gasteiger partial charge in [0.25, 0.3) is 0 Å². The minimum Gasteiger partial charge on any atom is -1.00 e. The van der Waals surface area contributed by atoms with Gasteiger partial charge in [0.05, 0.1) is 0 Å². The molecule has 0 atom stereocenters. The zero-order valence-corrected chi connectivity index (χ0v) is 8.08. The molecule has 2 heteroatoms. The number of unbranched alkanes of at least 4 members (excludes halogenated alkanes) is 2. The second kappa shape index (κ2) is 15.7. The predicted molar refractivity (Wildman–Crippen MR) is 30.6 cm³/mol. The molecule has 0 spiro atoms. The molecular formula is C5H11BrMg. The summed E-state index contributed by atoms with van der Waals surface area (Å²) in [7, 11) is 0. The van der Waals surface area contributed by atoms with Crippen molar-refractivity contribution in [1.82, 2.24) is 0 Å². The summed E-state index contributed by atoms with van der Waals surface area (Å²) in [5.41, 5.74) is 0. The van der Waals surface area contributed by atoms with Crippen LogP contribution in [0.1, 0.15) is 26.7 Å². The van der Waals surface area contributed by atoms with Crippen molar-refractivity contribution in [2.75, 3.05) is 0 Å². The van der Waals surface area contributed by atoms with Crippen LogP contribution in [0.3, 0.4) is 0 Å². The van der Waals surface area contributed by atoms with Crippen LogP contribution in [0.15, 0.2) is 0 Å². The van der Waals surface area contributed by atoms with Gasteiger partial charge in [-0.15, -0.1) is 0 Å². The van der Waals surface area contributed by atoms with Gasteiger partial charge in [-0.2, -0.15) is 12.8 Å². The molecule has 0 nitrogen and oxygen atoms in total. The number of halogens is 1. The molecule has 40 valence electrons. The van der Waals surface area contributed by atoms with E-state index in [1.54, 1.807) is 0 Å². The van der Waals surface area contributed by atoms with Crippen molar-refractivity contribution in [3.63, 3.8) is 0 Å². The molecular weight excluding hydrogens is 164 g/mol. The van der Waals surface area contributed by atoms with E-state index in [2.05, 4.69) is 20.3 Å². The van der Waals surface area contributed by atoms with Gasteiger partial charge in [0.2, 0.25) is 0 Å². The van der Waals surface area contributed by atoms with Crippen LogP contribution in [-0.2, 0) is 0 Å². The van der Waals surface area contributed by atoms with E-state index in [9.17, 15) is 0 Å². The molecule has 0 aliphatic rings. The second-order valence-corrected chi connectivity index (χ2v) is 1.11. The van der Waals surface area contributed by atoms with Crippen LogP contribution < -0.4 is 17.0 Å². The predicted octanol–water partition coefficient (Wildman–Crippen LogP) is -1.37. The quantitative estimate of drug-likeness (QED) is 0.359. The van der Waals surface area contributed by atoms with Crippen molar-refractivity contribution in [2.24, 2.45) is 0 Å². The Morgan fingerprint density at radius 1 is 1.14 bits per heavy atom. The van der Waals surface area contributed by atoms with Crippen LogP contribution in [0, 0.1) is 6.42 Å². The van der Waals surface area contributed by atoms with E-state index in [1.165, 1.54) is 12.8 Å². The molecule has 0 aliphatic carbocycles. The van der Waals surface area contributed by atoms with Gasteiger partial charge in [0, 0.05) is 0 Å². The van der Waals surface area contributed by atoms with E-state index in [1.807, 2.05) is 0 Å². The average Bonchev–Trinajstić information content (AvgIpc) is 1.41. The standard InChI is InChI=1S/C5H11.BrH.Mg/c1-3-5-4-2;;/h5H,3-4H2,1-2H3;1H;/q-1;;+2/p-1. The first-order chi connectivity index (χ1) is 2.41. The van der Waals surface area contributed by atoms with Gasteiger partial charge in [0.1, 0.15) is 0 Å². The van der Waals surface area contributed by atoms with E-state index >= 15 is 0 Å². The monoisotopic (exact) mass is 174 g/mol. The fourth-order valence-electron chi connectivity index (χ4n) is 0.289. The molecule has 0 aromatic heterocycles. The number of rotatable bonds is 2. The van der Waals surface area contributed by atoms with Crippen LogP contribution >= 0.6 is 0 Å². The van der Waals surface area contributed by atoms with Gasteiger partial charge in [-0.1, -0.05) is 13.8 Å². The Balaban J connectivity index is -0.0000000800. The Labute approximate surface area is 73.0 Å². The summed E-state index contributed by atoms with van der Waals surface area (Å²) in [6, 6.07) is 0. The molecule has 7 heavy (non-hydrogen) atoms. The van der Waals surface area contributed by atoms with E-state index in [0.717, 1.165) is 0 Å². The molecule has 0 aromatic carbocycles. The molecule has 0 rings (SSSR count). The molecule has 0 heterocycles. The molecule has 0 N–H and O–H groups in total. The van der Waals surface area contributed by atoms with Crippen molar-refractivity contribution in [3.8, 4) is 0 Å². The first-order valence-electron chi connectivity index (χ1n) is 2.23. The number of hydrogen-bond acceptors (Lipinski definition) is 0. The van der Waals surface area contributed by atoms with Gasteiger partial charge >= 0.3 is 23.1 Å². The summed E-state index contributed by atoms with van der Waals surface area (Å²) in [5, 5.41) is 0. The fourth-order valence-corrected chi connectivity index (χ4v) is 0.289. The summed E-state index contributed by atoms with van der Waals surface area (Å²) in [6.45, 7) is 4.31. The maximum absolute atomic E-state index is 2.25. The summed E-state index contributed by atoms with van der Waals surface area (Å²) in [4.78, 5) is 0. The van der Waals surface area contributed by atoms with Gasteiger partial charge in [-0.3, -0.25) is 0 Å². The molecule has 0 aliphatic heterocycles. The van der Waals surface area contributed by atoms with E-state index in [-0.39, 0.29) is 40.0 Å². The molecule has 0 radical (unpaired) electrons. The van der Waals surface area contributed by atoms with Crippen LogP contribution in [0.25, 0.3) is 0 Å². The molecule has 0 fully saturated rings. The third-order valence-electron chi connectivity index (χ3n) is 0.577. The van der Waals surface area contributed by atoms with Gasteiger partial charge in [-0.05, 0) is 0 Å². The van der Waals surface area contributed by atoms with Crippen LogP contribution in [0.5, 0.6) is 0 Å². The smallest absolute Gasteiger partial charge is 1.00 e. The largest absolute Gasteiger partial charge is 2.00 e. The van der Waals surface area contributed by atoms with E-state index < -0.39 is 0 Å². The van der Waals surface area contributed by atoms with Crippen LogP contribution in [-0.4, -0.2) is 23.1 Å². The molecule has 0 amide bonds. The summed E-state index contributed by atoms with van der Waals surface area (Å²) in [5.74, 6) is 0. The van der Waals surface area contributed by atoms with Crippen LogP contribution in [0.2, 0.25) is 0 Å². The summed E-state index contributed by atoms with van der Waals surface area (Å²) < 4.78 is 0. The second-order valence-electron chi connectivity index (χ2n) is 1.11. The maximum Gasteiger partial charge on any atom is 2.00 e. The summed E-state index contributed by atoms with van der Waals surface area (Å²) in [6.07, 6.45) is 4.69. The molecule has 0 saturated heterocycles.